The molecule has 0 atom stereocenters. The molecule has 5 heteroatoms. The van der Waals surface area contributed by atoms with E-state index in [9.17, 15) is 14.6 Å². The van der Waals surface area contributed by atoms with Gasteiger partial charge in [-0.25, -0.2) is 4.39 Å². The summed E-state index contributed by atoms with van der Waals surface area (Å²) in [4.78, 5) is 1.95. The van der Waals surface area contributed by atoms with E-state index in [1.54, 1.807) is 19.1 Å². The van der Waals surface area contributed by atoms with Gasteiger partial charge in [0.15, 0.2) is 0 Å². The van der Waals surface area contributed by atoms with Crippen LogP contribution in [-0.4, -0.2) is 48.5 Å². The van der Waals surface area contributed by atoms with Gasteiger partial charge in [0.25, 0.3) is 0 Å². The van der Waals surface area contributed by atoms with Crippen molar-refractivity contribution in [2.45, 2.75) is 13.3 Å². The summed E-state index contributed by atoms with van der Waals surface area (Å²) < 4.78 is 13.6. The summed E-state index contributed by atoms with van der Waals surface area (Å²) in [7, 11) is 1.87. The molecule has 108 valence electrons. The zero-order valence-corrected chi connectivity index (χ0v) is 12.1. The highest BCUT2D eigenvalue weighted by Crippen LogP contribution is 2.20. The second kappa shape index (κ2) is 7.20. The second-order valence-corrected chi connectivity index (χ2v) is 5.72. The lowest BCUT2D eigenvalue weighted by Gasteiger charge is -2.30. The van der Waals surface area contributed by atoms with Crippen LogP contribution < -0.4 is 0 Å². The molecule has 0 aromatic heterocycles. The van der Waals surface area contributed by atoms with Crippen LogP contribution in [0.4, 0.5) is 4.39 Å². The third-order valence-corrected chi connectivity index (χ3v) is 3.57. The predicted octanol–water partition coefficient (Wildman–Crippen LogP) is 1.94. The largest absolute Gasteiger partial charge is 0.396 e. The van der Waals surface area contributed by atoms with Gasteiger partial charge in [-0.2, -0.15) is 0 Å². The van der Waals surface area contributed by atoms with Crippen molar-refractivity contribution >= 4 is 11.6 Å². The van der Waals surface area contributed by atoms with E-state index in [0.29, 0.717) is 30.1 Å². The molecule has 0 aliphatic heterocycles. The fourth-order valence-corrected chi connectivity index (χ4v) is 2.21. The molecule has 0 unspecified atom stereocenters. The lowest BCUT2D eigenvalue weighted by molar-refractivity contribution is 0.0423. The Hall–Kier alpha value is -0.680. The fraction of sp³-hybridized carbons (Fsp3) is 0.571. The van der Waals surface area contributed by atoms with Gasteiger partial charge >= 0.3 is 0 Å². The van der Waals surface area contributed by atoms with Crippen LogP contribution in [0, 0.1) is 11.2 Å². The van der Waals surface area contributed by atoms with Gasteiger partial charge in [-0.3, -0.25) is 0 Å². The lowest BCUT2D eigenvalue weighted by Crippen LogP contribution is -2.39. The molecule has 0 heterocycles. The van der Waals surface area contributed by atoms with Crippen molar-refractivity contribution < 1.29 is 14.6 Å². The Balaban J connectivity index is 2.57. The average Bonchev–Trinajstić information content (AvgIpc) is 2.38. The van der Waals surface area contributed by atoms with Crippen LogP contribution in [0.25, 0.3) is 0 Å². The minimum atomic E-state index is -0.548. The van der Waals surface area contributed by atoms with E-state index in [2.05, 4.69) is 0 Å². The summed E-state index contributed by atoms with van der Waals surface area (Å²) in [6.45, 7) is 2.77. The van der Waals surface area contributed by atoms with Crippen LogP contribution in [-0.2, 0) is 6.42 Å². The Morgan fingerprint density at radius 3 is 2.47 bits per heavy atom. The maximum absolute atomic E-state index is 13.6. The van der Waals surface area contributed by atoms with Crippen molar-refractivity contribution in [2.24, 2.45) is 5.41 Å². The number of hydrogen-bond acceptors (Lipinski definition) is 3. The molecule has 0 saturated carbocycles. The van der Waals surface area contributed by atoms with Gasteiger partial charge in [-0.1, -0.05) is 24.6 Å². The summed E-state index contributed by atoms with van der Waals surface area (Å²) in [6, 6.07) is 4.65. The molecular formula is C14H21ClFNO2. The molecule has 1 aromatic carbocycles. The molecule has 1 aromatic rings. The van der Waals surface area contributed by atoms with Gasteiger partial charge in [0.1, 0.15) is 5.82 Å². The van der Waals surface area contributed by atoms with Crippen molar-refractivity contribution in [3.05, 3.63) is 34.6 Å². The van der Waals surface area contributed by atoms with Gasteiger partial charge in [0.2, 0.25) is 0 Å². The van der Waals surface area contributed by atoms with E-state index < -0.39 is 5.41 Å². The van der Waals surface area contributed by atoms with Gasteiger partial charge < -0.3 is 15.1 Å². The summed E-state index contributed by atoms with van der Waals surface area (Å²) in [5, 5.41) is 18.9. The number of aliphatic hydroxyl groups excluding tert-OH is 2. The highest BCUT2D eigenvalue weighted by Gasteiger charge is 2.24. The Morgan fingerprint density at radius 1 is 1.32 bits per heavy atom. The summed E-state index contributed by atoms with van der Waals surface area (Å²) in [6.07, 6.45) is 0.495. The Morgan fingerprint density at radius 2 is 1.95 bits per heavy atom. The maximum Gasteiger partial charge on any atom is 0.127 e. The van der Waals surface area contributed by atoms with E-state index in [1.807, 2.05) is 11.9 Å². The second-order valence-electron chi connectivity index (χ2n) is 5.31. The topological polar surface area (TPSA) is 43.7 Å². The first-order valence-electron chi connectivity index (χ1n) is 6.25. The van der Waals surface area contributed by atoms with E-state index in [4.69, 9.17) is 11.6 Å². The summed E-state index contributed by atoms with van der Waals surface area (Å²) >= 11 is 5.96. The van der Waals surface area contributed by atoms with Crippen molar-refractivity contribution in [3.8, 4) is 0 Å². The minimum Gasteiger partial charge on any atom is -0.396 e. The maximum atomic E-state index is 13.6. The molecule has 0 amide bonds. The Labute approximate surface area is 118 Å². The summed E-state index contributed by atoms with van der Waals surface area (Å²) in [5.41, 5.74) is -0.0425. The molecule has 0 radical (unpaired) electrons. The standard InChI is InChI=1S/C14H21ClFNO2/c1-14(9-18,10-19)8-17(2)7-6-11-12(15)4-3-5-13(11)16/h3-5,18-19H,6-10H2,1-2H3. The van der Waals surface area contributed by atoms with Gasteiger partial charge in [-0.15, -0.1) is 0 Å². The molecule has 2 N–H and O–H groups in total. The van der Waals surface area contributed by atoms with Crippen LogP contribution >= 0.6 is 11.6 Å². The third kappa shape index (κ3) is 4.73. The first-order chi connectivity index (χ1) is 8.91. The SMILES string of the molecule is CN(CCc1c(F)cccc1Cl)CC(C)(CO)CO. The number of aliphatic hydroxyl groups is 2. The van der Waals surface area contributed by atoms with Crippen LogP contribution in [0.3, 0.4) is 0 Å². The molecule has 0 bridgehead atoms. The van der Waals surface area contributed by atoms with Crippen LogP contribution in [0.2, 0.25) is 5.02 Å². The number of nitrogens with zero attached hydrogens (tertiary/aromatic N) is 1. The van der Waals surface area contributed by atoms with Gasteiger partial charge in [0.05, 0.1) is 13.2 Å². The monoisotopic (exact) mass is 289 g/mol. The zero-order chi connectivity index (χ0) is 14.5. The molecule has 0 saturated heterocycles. The number of halogens is 2. The van der Waals surface area contributed by atoms with Crippen LogP contribution in [0.5, 0.6) is 0 Å². The molecule has 0 aliphatic rings. The highest BCUT2D eigenvalue weighted by molar-refractivity contribution is 6.31. The normalized spacial score (nSPS) is 12.2. The zero-order valence-electron chi connectivity index (χ0n) is 11.4. The quantitative estimate of drug-likeness (QED) is 0.806. The number of likely N-dealkylation sites (N-methyl/N-ethyl adjacent to an activating group) is 1. The lowest BCUT2D eigenvalue weighted by atomic mass is 9.92. The number of hydrogen-bond donors (Lipinski definition) is 2. The molecule has 0 spiro atoms. The molecule has 19 heavy (non-hydrogen) atoms. The highest BCUT2D eigenvalue weighted by atomic mass is 35.5. The summed E-state index contributed by atoms with van der Waals surface area (Å²) in [5.74, 6) is -0.298. The van der Waals surface area contributed by atoms with Crippen molar-refractivity contribution in [3.63, 3.8) is 0 Å². The van der Waals surface area contributed by atoms with Crippen molar-refractivity contribution in [1.29, 1.82) is 0 Å². The number of rotatable bonds is 7. The van der Waals surface area contributed by atoms with E-state index in [1.165, 1.54) is 6.07 Å². The van der Waals surface area contributed by atoms with Crippen LogP contribution in [0.15, 0.2) is 18.2 Å². The molecule has 0 fully saturated rings. The first kappa shape index (κ1) is 16.4. The molecule has 1 rings (SSSR count). The first-order valence-corrected chi connectivity index (χ1v) is 6.63. The fourth-order valence-electron chi connectivity index (χ4n) is 1.95. The smallest absolute Gasteiger partial charge is 0.127 e. The predicted molar refractivity (Wildman–Crippen MR) is 74.9 cm³/mol. The van der Waals surface area contributed by atoms with Gasteiger partial charge in [0, 0.05) is 29.1 Å². The van der Waals surface area contributed by atoms with Gasteiger partial charge in [-0.05, 0) is 25.6 Å². The van der Waals surface area contributed by atoms with Crippen molar-refractivity contribution in [2.75, 3.05) is 33.4 Å². The Kier molecular flexibility index (Phi) is 6.20. The number of benzene rings is 1. The molecular weight excluding hydrogens is 269 g/mol. The average molecular weight is 290 g/mol. The molecule has 3 nitrogen and oxygen atoms in total. The third-order valence-electron chi connectivity index (χ3n) is 3.22. The molecule has 0 aliphatic carbocycles. The van der Waals surface area contributed by atoms with E-state index >= 15 is 0 Å². The van der Waals surface area contributed by atoms with E-state index in [-0.39, 0.29) is 19.0 Å². The van der Waals surface area contributed by atoms with Crippen LogP contribution in [0.1, 0.15) is 12.5 Å². The van der Waals surface area contributed by atoms with Crippen molar-refractivity contribution in [1.82, 2.24) is 4.90 Å². The van der Waals surface area contributed by atoms with E-state index in [0.717, 1.165) is 0 Å². The minimum absolute atomic E-state index is 0.0890. The Bertz CT molecular complexity index is 390.